The van der Waals surface area contributed by atoms with E-state index in [1.807, 2.05) is 6.92 Å². The van der Waals surface area contributed by atoms with Crippen LogP contribution in [0.5, 0.6) is 5.75 Å². The van der Waals surface area contributed by atoms with Gasteiger partial charge in [-0.25, -0.2) is 9.78 Å². The molecule has 3 aromatic rings. The van der Waals surface area contributed by atoms with Gasteiger partial charge in [0.25, 0.3) is 5.78 Å². The molecule has 2 aliphatic heterocycles. The molecule has 1 amide bonds. The third kappa shape index (κ3) is 4.27. The smallest absolute Gasteiger partial charge is 0.350 e. The van der Waals surface area contributed by atoms with Crippen LogP contribution in [0.4, 0.5) is 5.13 Å². The molecule has 8 nitrogen and oxygen atoms in total. The fourth-order valence-corrected chi connectivity index (χ4v) is 5.84. The van der Waals surface area contributed by atoms with Crippen molar-refractivity contribution in [2.75, 3.05) is 12.0 Å². The number of rotatable bonds is 4. The number of ether oxygens (including phenoxy) is 2. The molecule has 0 radical (unpaired) electrons. The molecule has 1 N–H and O–H groups in total. The molecule has 5 rings (SSSR count). The van der Waals surface area contributed by atoms with E-state index in [2.05, 4.69) is 4.98 Å². The van der Waals surface area contributed by atoms with Crippen molar-refractivity contribution < 1.29 is 29.0 Å². The molecule has 0 spiro atoms. The number of Topliss-reactive ketones (excluding diaryl/α,β-unsaturated/α-hetero) is 1. The van der Waals surface area contributed by atoms with Gasteiger partial charge in [0, 0.05) is 12.0 Å². The summed E-state index contributed by atoms with van der Waals surface area (Å²) in [4.78, 5) is 44.7. The molecule has 0 bridgehead atoms. The van der Waals surface area contributed by atoms with Crippen LogP contribution in [0, 0.1) is 6.92 Å². The first kappa shape index (κ1) is 25.3. The van der Waals surface area contributed by atoms with Gasteiger partial charge in [-0.1, -0.05) is 40.6 Å². The van der Waals surface area contributed by atoms with Crippen LogP contribution < -0.4 is 9.64 Å². The number of aliphatic hydroxyl groups excluding tert-OH is 1. The molecule has 2 atom stereocenters. The summed E-state index contributed by atoms with van der Waals surface area (Å²) in [5, 5.41) is 12.0. The summed E-state index contributed by atoms with van der Waals surface area (Å²) in [6, 6.07) is 8.72. The molecule has 0 saturated carbocycles. The number of hydrogen-bond donors (Lipinski definition) is 1. The highest BCUT2D eigenvalue weighted by atomic mass is 35.5. The van der Waals surface area contributed by atoms with Crippen LogP contribution in [-0.2, 0) is 20.7 Å². The Morgan fingerprint density at radius 2 is 1.95 bits per heavy atom. The zero-order valence-electron chi connectivity index (χ0n) is 19.9. The highest BCUT2D eigenvalue weighted by Gasteiger charge is 2.48. The standard InChI is InChI=1S/C26H20Cl2N2O6S/c1-11-8-15-9-14(5-7-18(15)36-11)21(31)19-20(13-4-6-16(27)17(28)10-13)30(24(33)22(19)32)26-29-12(2)23(37-26)25(34)35-3/h4-7,9-11,20,31H,8H2,1-3H3. The Kier molecular flexibility index (Phi) is 6.47. The predicted molar refractivity (Wildman–Crippen MR) is 140 cm³/mol. The molecule has 190 valence electrons. The molecule has 37 heavy (non-hydrogen) atoms. The number of nitrogens with zero attached hydrogens (tertiary/aromatic N) is 2. The second-order valence-electron chi connectivity index (χ2n) is 8.70. The SMILES string of the molecule is COC(=O)c1sc(N2C(=O)C(=O)C(=C(O)c3ccc4c(c3)CC(C)O4)C2c2ccc(Cl)c(Cl)c2)nc1C. The zero-order valence-corrected chi connectivity index (χ0v) is 22.2. The third-order valence-electron chi connectivity index (χ3n) is 6.24. The first-order valence-corrected chi connectivity index (χ1v) is 12.8. The minimum atomic E-state index is -1.07. The van der Waals surface area contributed by atoms with Crippen molar-refractivity contribution in [1.29, 1.82) is 0 Å². The number of carbonyl (C=O) groups is 3. The summed E-state index contributed by atoms with van der Waals surface area (Å²) in [6.07, 6.45) is 0.640. The number of hydrogen-bond acceptors (Lipinski definition) is 8. The summed E-state index contributed by atoms with van der Waals surface area (Å²) in [7, 11) is 1.24. The lowest BCUT2D eigenvalue weighted by Crippen LogP contribution is -2.29. The van der Waals surface area contributed by atoms with Gasteiger partial charge in [-0.2, -0.15) is 0 Å². The van der Waals surface area contributed by atoms with Gasteiger partial charge in [0.2, 0.25) is 0 Å². The summed E-state index contributed by atoms with van der Waals surface area (Å²) in [5.74, 6) is -2.05. The minimum absolute atomic E-state index is 0.00802. The Labute approximate surface area is 226 Å². The largest absolute Gasteiger partial charge is 0.507 e. The van der Waals surface area contributed by atoms with E-state index in [4.69, 9.17) is 32.7 Å². The number of aromatic nitrogens is 1. The molecular formula is C26H20Cl2N2O6S. The number of ketones is 1. The maximum absolute atomic E-state index is 13.4. The molecule has 1 fully saturated rings. The van der Waals surface area contributed by atoms with E-state index in [0.29, 0.717) is 29.0 Å². The van der Waals surface area contributed by atoms with Crippen LogP contribution in [0.25, 0.3) is 5.76 Å². The first-order chi connectivity index (χ1) is 17.6. The molecule has 0 aliphatic carbocycles. The number of fused-ring (bicyclic) bond motifs is 1. The van der Waals surface area contributed by atoms with Crippen molar-refractivity contribution in [3.05, 3.63) is 79.3 Å². The molecule has 1 saturated heterocycles. The van der Waals surface area contributed by atoms with Crippen molar-refractivity contribution in [2.45, 2.75) is 32.4 Å². The molecule has 1 aromatic heterocycles. The van der Waals surface area contributed by atoms with Crippen LogP contribution in [0.1, 0.15) is 45.0 Å². The number of aliphatic hydroxyl groups is 1. The van der Waals surface area contributed by atoms with Crippen LogP contribution in [0.2, 0.25) is 10.0 Å². The second kappa shape index (κ2) is 9.48. The summed E-state index contributed by atoms with van der Waals surface area (Å²) in [5.41, 5.74) is 1.89. The summed E-state index contributed by atoms with van der Waals surface area (Å²) >= 11 is 13.3. The Morgan fingerprint density at radius 1 is 1.19 bits per heavy atom. The lowest BCUT2D eigenvalue weighted by molar-refractivity contribution is -0.132. The zero-order chi connectivity index (χ0) is 26.6. The first-order valence-electron chi connectivity index (χ1n) is 11.2. The highest BCUT2D eigenvalue weighted by molar-refractivity contribution is 7.17. The maximum Gasteiger partial charge on any atom is 0.350 e. The number of halogens is 2. The summed E-state index contributed by atoms with van der Waals surface area (Å²) in [6.45, 7) is 3.54. The molecule has 3 heterocycles. The van der Waals surface area contributed by atoms with Crippen molar-refractivity contribution >= 4 is 63.1 Å². The molecule has 11 heteroatoms. The fourth-order valence-electron chi connectivity index (χ4n) is 4.52. The topological polar surface area (TPSA) is 106 Å². The van der Waals surface area contributed by atoms with E-state index in [1.54, 1.807) is 37.3 Å². The minimum Gasteiger partial charge on any atom is -0.507 e. The molecule has 2 unspecified atom stereocenters. The van der Waals surface area contributed by atoms with E-state index in [0.717, 1.165) is 21.8 Å². The molecule has 2 aliphatic rings. The maximum atomic E-state index is 13.4. The predicted octanol–water partition coefficient (Wildman–Crippen LogP) is 5.49. The van der Waals surface area contributed by atoms with Gasteiger partial charge in [0.15, 0.2) is 5.13 Å². The van der Waals surface area contributed by atoms with Crippen molar-refractivity contribution in [3.63, 3.8) is 0 Å². The lowest BCUT2D eigenvalue weighted by atomic mass is 9.94. The van der Waals surface area contributed by atoms with Gasteiger partial charge in [0.05, 0.1) is 34.5 Å². The quantitative estimate of drug-likeness (QED) is 0.195. The van der Waals surface area contributed by atoms with Crippen molar-refractivity contribution in [2.24, 2.45) is 0 Å². The van der Waals surface area contributed by atoms with Gasteiger partial charge < -0.3 is 14.6 Å². The van der Waals surface area contributed by atoms with Crippen molar-refractivity contribution in [1.82, 2.24) is 4.98 Å². The Bertz CT molecular complexity index is 1510. The van der Waals surface area contributed by atoms with Crippen molar-refractivity contribution in [3.8, 4) is 5.75 Å². The average Bonchev–Trinajstić information content (AvgIpc) is 3.52. The number of anilines is 1. The third-order valence-corrected chi connectivity index (χ3v) is 8.11. The number of methoxy groups -OCH3 is 1. The number of aryl methyl sites for hydroxylation is 1. The van der Waals surface area contributed by atoms with Crippen LogP contribution in [-0.4, -0.2) is 41.0 Å². The van der Waals surface area contributed by atoms with Gasteiger partial charge in [-0.3, -0.25) is 14.5 Å². The average molecular weight is 559 g/mol. The van der Waals surface area contributed by atoms with E-state index in [9.17, 15) is 19.5 Å². The Morgan fingerprint density at radius 3 is 2.65 bits per heavy atom. The summed E-state index contributed by atoms with van der Waals surface area (Å²) < 4.78 is 10.6. The van der Waals surface area contributed by atoms with Gasteiger partial charge >= 0.3 is 11.9 Å². The van der Waals surface area contributed by atoms with E-state index in [1.165, 1.54) is 13.2 Å². The Balaban J connectivity index is 1.70. The number of esters is 1. The van der Waals surface area contributed by atoms with E-state index >= 15 is 0 Å². The highest BCUT2D eigenvalue weighted by Crippen LogP contribution is 2.45. The monoisotopic (exact) mass is 558 g/mol. The van der Waals surface area contributed by atoms with Gasteiger partial charge in [-0.15, -0.1) is 0 Å². The number of carbonyl (C=O) groups excluding carboxylic acids is 3. The van der Waals surface area contributed by atoms with Crippen LogP contribution in [0.3, 0.4) is 0 Å². The van der Waals surface area contributed by atoms with Crippen LogP contribution >= 0.6 is 34.5 Å². The lowest BCUT2D eigenvalue weighted by Gasteiger charge is -2.23. The van der Waals surface area contributed by atoms with Gasteiger partial charge in [0.1, 0.15) is 22.5 Å². The normalized spacial score (nSPS) is 20.2. The van der Waals surface area contributed by atoms with E-state index < -0.39 is 23.7 Å². The number of amides is 1. The Hall–Kier alpha value is -3.40. The fraction of sp³-hybridized carbons (Fsp3) is 0.231. The molecule has 2 aromatic carbocycles. The second-order valence-corrected chi connectivity index (χ2v) is 10.5. The number of benzene rings is 2. The van der Waals surface area contributed by atoms with E-state index in [-0.39, 0.29) is 37.5 Å². The van der Waals surface area contributed by atoms with Gasteiger partial charge in [-0.05, 0) is 55.3 Å². The van der Waals surface area contributed by atoms with Crippen LogP contribution in [0.15, 0.2) is 42.0 Å². The molecular weight excluding hydrogens is 539 g/mol. The number of thiazole rings is 1.